The Morgan fingerprint density at radius 1 is 1.15 bits per heavy atom. The number of hydrogen-bond acceptors (Lipinski definition) is 5. The van der Waals surface area contributed by atoms with Crippen LogP contribution in [-0.2, 0) is 9.84 Å². The van der Waals surface area contributed by atoms with Crippen LogP contribution in [-0.4, -0.2) is 24.6 Å². The highest BCUT2D eigenvalue weighted by Gasteiger charge is 2.19. The average Bonchev–Trinajstić information content (AvgIpc) is 2.57. The lowest BCUT2D eigenvalue weighted by molar-refractivity contribution is 0.602. The van der Waals surface area contributed by atoms with Crippen molar-refractivity contribution in [3.05, 3.63) is 58.1 Å². The second kappa shape index (κ2) is 6.98. The van der Waals surface area contributed by atoms with Crippen LogP contribution < -0.4 is 5.32 Å². The minimum Gasteiger partial charge on any atom is -0.363 e. The Morgan fingerprint density at radius 3 is 2.58 bits per heavy atom. The van der Waals surface area contributed by atoms with Gasteiger partial charge in [-0.2, -0.15) is 0 Å². The van der Waals surface area contributed by atoms with Gasteiger partial charge in [0.25, 0.3) is 0 Å². The zero-order chi connectivity index (χ0) is 19.1. The van der Waals surface area contributed by atoms with Crippen LogP contribution >= 0.6 is 23.2 Å². The molecule has 3 aromatic rings. The first-order chi connectivity index (χ1) is 12.2. The molecule has 1 heterocycles. The number of aromatic nitrogens is 2. The topological polar surface area (TPSA) is 72.0 Å². The van der Waals surface area contributed by atoms with Gasteiger partial charge in [0, 0.05) is 22.2 Å². The summed E-state index contributed by atoms with van der Waals surface area (Å²) in [4.78, 5) is 8.47. The third-order valence-corrected chi connectivity index (χ3v) is 5.72. The molecule has 1 unspecified atom stereocenters. The number of rotatable bonds is 4. The third kappa shape index (κ3) is 3.60. The first-order valence-corrected chi connectivity index (χ1v) is 10.2. The van der Waals surface area contributed by atoms with Gasteiger partial charge in [0.1, 0.15) is 18.0 Å². The summed E-state index contributed by atoms with van der Waals surface area (Å²) in [7, 11) is -3.39. The van der Waals surface area contributed by atoms with Crippen molar-refractivity contribution in [3.8, 4) is 0 Å². The van der Waals surface area contributed by atoms with Crippen LogP contribution in [0.15, 0.2) is 41.6 Å². The van der Waals surface area contributed by atoms with Gasteiger partial charge in [-0.3, -0.25) is 0 Å². The van der Waals surface area contributed by atoms with E-state index >= 15 is 0 Å². The lowest BCUT2D eigenvalue weighted by atomic mass is 10.1. The van der Waals surface area contributed by atoms with Crippen molar-refractivity contribution in [2.75, 3.05) is 11.6 Å². The first-order valence-electron chi connectivity index (χ1n) is 7.53. The Hall–Kier alpha value is -1.96. The molecule has 0 radical (unpaired) electrons. The summed E-state index contributed by atoms with van der Waals surface area (Å²) in [6, 6.07) is 6.72. The van der Waals surface area contributed by atoms with Gasteiger partial charge in [0.05, 0.1) is 21.5 Å². The molecule has 0 aliphatic carbocycles. The predicted molar refractivity (Wildman–Crippen MR) is 101 cm³/mol. The van der Waals surface area contributed by atoms with Crippen molar-refractivity contribution in [3.63, 3.8) is 0 Å². The van der Waals surface area contributed by atoms with E-state index in [1.54, 1.807) is 13.0 Å². The van der Waals surface area contributed by atoms with E-state index in [0.29, 0.717) is 27.3 Å². The van der Waals surface area contributed by atoms with Gasteiger partial charge in [0.2, 0.25) is 0 Å². The highest BCUT2D eigenvalue weighted by Crippen LogP contribution is 2.35. The van der Waals surface area contributed by atoms with Gasteiger partial charge in [-0.05, 0) is 37.3 Å². The van der Waals surface area contributed by atoms with Gasteiger partial charge in [-0.15, -0.1) is 0 Å². The van der Waals surface area contributed by atoms with Gasteiger partial charge in [0.15, 0.2) is 9.84 Å². The van der Waals surface area contributed by atoms with Crippen LogP contribution in [0.4, 0.5) is 10.2 Å². The Labute approximate surface area is 160 Å². The molecule has 3 rings (SSSR count). The zero-order valence-electron chi connectivity index (χ0n) is 13.8. The molecule has 0 fully saturated rings. The highest BCUT2D eigenvalue weighted by atomic mass is 35.5. The van der Waals surface area contributed by atoms with Gasteiger partial charge in [-0.25, -0.2) is 22.8 Å². The van der Waals surface area contributed by atoms with E-state index in [4.69, 9.17) is 23.2 Å². The fraction of sp³-hybridized carbons (Fsp3) is 0.176. The lowest BCUT2D eigenvalue weighted by Crippen LogP contribution is -2.10. The van der Waals surface area contributed by atoms with E-state index in [-0.39, 0.29) is 9.92 Å². The van der Waals surface area contributed by atoms with Crippen molar-refractivity contribution in [2.24, 2.45) is 0 Å². The van der Waals surface area contributed by atoms with E-state index in [2.05, 4.69) is 15.3 Å². The quantitative estimate of drug-likeness (QED) is 0.630. The maximum Gasteiger partial charge on any atom is 0.175 e. The normalized spacial score (nSPS) is 13.0. The van der Waals surface area contributed by atoms with Crippen molar-refractivity contribution >= 4 is 49.8 Å². The molecule has 0 saturated heterocycles. The highest BCUT2D eigenvalue weighted by molar-refractivity contribution is 7.90. The predicted octanol–water partition coefficient (Wildman–Crippen LogP) is 4.65. The average molecular weight is 414 g/mol. The van der Waals surface area contributed by atoms with E-state index < -0.39 is 21.7 Å². The smallest absolute Gasteiger partial charge is 0.175 e. The fourth-order valence-electron chi connectivity index (χ4n) is 2.60. The number of nitrogens with one attached hydrogen (secondary N) is 1. The summed E-state index contributed by atoms with van der Waals surface area (Å²) >= 11 is 12.2. The lowest BCUT2D eigenvalue weighted by Gasteiger charge is -2.19. The minimum atomic E-state index is -3.39. The molecule has 0 aliphatic rings. The Morgan fingerprint density at radius 2 is 1.88 bits per heavy atom. The molecule has 136 valence electrons. The number of anilines is 1. The van der Waals surface area contributed by atoms with Crippen molar-refractivity contribution in [1.29, 1.82) is 0 Å². The summed E-state index contributed by atoms with van der Waals surface area (Å²) in [5, 5.41) is 3.86. The molecule has 1 atom stereocenters. The molecule has 5 nitrogen and oxygen atoms in total. The second-order valence-electron chi connectivity index (χ2n) is 5.80. The molecule has 0 aliphatic heterocycles. The van der Waals surface area contributed by atoms with Gasteiger partial charge >= 0.3 is 0 Å². The maximum atomic E-state index is 13.8. The summed E-state index contributed by atoms with van der Waals surface area (Å²) in [5.74, 6) is -0.184. The van der Waals surface area contributed by atoms with Crippen LogP contribution in [0.2, 0.25) is 10.0 Å². The molecule has 9 heteroatoms. The number of hydrogen-bond donors (Lipinski definition) is 1. The van der Waals surface area contributed by atoms with Crippen molar-refractivity contribution < 1.29 is 12.8 Å². The molecule has 0 saturated carbocycles. The largest absolute Gasteiger partial charge is 0.363 e. The van der Waals surface area contributed by atoms with Crippen LogP contribution in [0.1, 0.15) is 18.5 Å². The third-order valence-electron chi connectivity index (χ3n) is 3.90. The number of fused-ring (bicyclic) bond motifs is 1. The molecule has 26 heavy (non-hydrogen) atoms. The van der Waals surface area contributed by atoms with Crippen molar-refractivity contribution in [1.82, 2.24) is 9.97 Å². The van der Waals surface area contributed by atoms with Gasteiger partial charge < -0.3 is 5.32 Å². The summed E-state index contributed by atoms with van der Waals surface area (Å²) < 4.78 is 37.4. The molecule has 0 spiro atoms. The molecule has 2 aromatic carbocycles. The molecule has 1 aromatic heterocycles. The molecule has 0 bridgehead atoms. The Bertz CT molecular complexity index is 1110. The minimum absolute atomic E-state index is 0.0762. The van der Waals surface area contributed by atoms with Crippen LogP contribution in [0.5, 0.6) is 0 Å². The van der Waals surface area contributed by atoms with E-state index in [1.807, 2.05) is 0 Å². The number of nitrogens with zero attached hydrogens (tertiary/aromatic N) is 2. The second-order valence-corrected chi connectivity index (χ2v) is 8.60. The van der Waals surface area contributed by atoms with Crippen LogP contribution in [0.3, 0.4) is 0 Å². The zero-order valence-corrected chi connectivity index (χ0v) is 16.1. The Kier molecular flexibility index (Phi) is 5.05. The van der Waals surface area contributed by atoms with Crippen molar-refractivity contribution in [2.45, 2.75) is 17.9 Å². The van der Waals surface area contributed by atoms with E-state index in [9.17, 15) is 12.8 Å². The van der Waals surface area contributed by atoms with E-state index in [1.165, 1.54) is 30.6 Å². The summed E-state index contributed by atoms with van der Waals surface area (Å²) in [5.41, 5.74) is 0.956. The Balaban J connectivity index is 2.08. The maximum absolute atomic E-state index is 13.8. The molecule has 1 N–H and O–H groups in total. The number of halogens is 3. The molecular weight excluding hydrogens is 400 g/mol. The molecular formula is C17H14Cl2FN3O2S. The van der Waals surface area contributed by atoms with E-state index in [0.717, 1.165) is 6.26 Å². The summed E-state index contributed by atoms with van der Waals surface area (Å²) in [6.45, 7) is 1.75. The summed E-state index contributed by atoms with van der Waals surface area (Å²) in [6.07, 6.45) is 2.48. The van der Waals surface area contributed by atoms with Gasteiger partial charge in [-0.1, -0.05) is 23.2 Å². The van der Waals surface area contributed by atoms with Crippen LogP contribution in [0.25, 0.3) is 10.9 Å². The fourth-order valence-corrected chi connectivity index (χ4v) is 3.94. The standard InChI is InChI=1S/C17H14Cl2FN3O2S/c1-9(15-12(18)4-5-13(20)16(15)19)23-17-11-7-10(26(2,24)25)3-6-14(11)21-8-22-17/h3-9H,1-2H3,(H,21,22,23). The SMILES string of the molecule is CC(Nc1ncnc2ccc(S(C)(=O)=O)cc12)c1c(Cl)ccc(F)c1Cl. The number of benzene rings is 2. The number of sulfone groups is 1. The monoisotopic (exact) mass is 413 g/mol. The first kappa shape index (κ1) is 18.8. The van der Waals surface area contributed by atoms with Crippen LogP contribution in [0, 0.1) is 5.82 Å². The molecule has 0 amide bonds.